The Morgan fingerprint density at radius 1 is 1.50 bits per heavy atom. The first-order valence-corrected chi connectivity index (χ1v) is 4.80. The Hall–Kier alpha value is -0.290. The van der Waals surface area contributed by atoms with Crippen molar-refractivity contribution in [1.29, 1.82) is 0 Å². The molecule has 0 radical (unpaired) electrons. The van der Waals surface area contributed by atoms with E-state index in [9.17, 15) is 0 Å². The first-order valence-electron chi connectivity index (χ1n) is 3.72. The lowest BCUT2D eigenvalue weighted by molar-refractivity contribution is 0.414. The maximum Gasteiger partial charge on any atom is 0.120 e. The summed E-state index contributed by atoms with van der Waals surface area (Å²) < 4.78 is 6.33. The van der Waals surface area contributed by atoms with Crippen LogP contribution in [0.2, 0.25) is 0 Å². The van der Waals surface area contributed by atoms with E-state index in [2.05, 4.69) is 29.5 Å². The number of hydrogen-bond donors (Lipinski definition) is 1. The third-order valence-corrected chi connectivity index (χ3v) is 3.00. The van der Waals surface area contributed by atoms with Gasteiger partial charge >= 0.3 is 0 Å². The monoisotopic (exact) mass is 277 g/mol. The third kappa shape index (κ3) is 1.90. The van der Waals surface area contributed by atoms with Crippen LogP contribution in [0.4, 0.5) is 0 Å². The van der Waals surface area contributed by atoms with Gasteiger partial charge in [0, 0.05) is 10.1 Å². The number of ether oxygens (including phenoxy) is 1. The van der Waals surface area contributed by atoms with Gasteiger partial charge in [-0.3, -0.25) is 0 Å². The Labute approximate surface area is 86.2 Å². The molecule has 0 heterocycles. The number of halogens is 1. The Bertz CT molecular complexity index is 286. The smallest absolute Gasteiger partial charge is 0.120 e. The van der Waals surface area contributed by atoms with Crippen LogP contribution in [0.5, 0.6) is 5.75 Å². The van der Waals surface area contributed by atoms with Crippen molar-refractivity contribution in [2.75, 3.05) is 7.11 Å². The number of nitrogens with two attached hydrogens (primary N) is 1. The van der Waals surface area contributed by atoms with Crippen molar-refractivity contribution in [2.45, 2.75) is 13.5 Å². The second kappa shape index (κ2) is 4.09. The summed E-state index contributed by atoms with van der Waals surface area (Å²) in [5.41, 5.74) is 7.98. The van der Waals surface area contributed by atoms with Crippen LogP contribution in [0.15, 0.2) is 12.1 Å². The quantitative estimate of drug-likeness (QED) is 0.840. The summed E-state index contributed by atoms with van der Waals surface area (Å²) >= 11 is 2.29. The Balaban J connectivity index is 3.19. The van der Waals surface area contributed by atoms with Crippen LogP contribution in [0.1, 0.15) is 11.1 Å². The minimum absolute atomic E-state index is 0.568. The summed E-state index contributed by atoms with van der Waals surface area (Å²) in [5, 5.41) is 0. The summed E-state index contributed by atoms with van der Waals surface area (Å²) in [6, 6.07) is 3.99. The molecular formula is C9H12INO. The number of rotatable bonds is 2. The van der Waals surface area contributed by atoms with Gasteiger partial charge < -0.3 is 10.5 Å². The maximum absolute atomic E-state index is 5.58. The highest BCUT2D eigenvalue weighted by molar-refractivity contribution is 14.1. The average Bonchev–Trinajstić information content (AvgIpc) is 2.09. The van der Waals surface area contributed by atoms with Crippen molar-refractivity contribution >= 4 is 22.6 Å². The lowest BCUT2D eigenvalue weighted by atomic mass is 10.1. The van der Waals surface area contributed by atoms with Gasteiger partial charge in [0.2, 0.25) is 0 Å². The first-order chi connectivity index (χ1) is 5.69. The van der Waals surface area contributed by atoms with Crippen LogP contribution in [0.25, 0.3) is 0 Å². The van der Waals surface area contributed by atoms with E-state index in [-0.39, 0.29) is 0 Å². The lowest BCUT2D eigenvalue weighted by Crippen LogP contribution is -2.01. The fraction of sp³-hybridized carbons (Fsp3) is 0.333. The molecule has 2 N–H and O–H groups in total. The van der Waals surface area contributed by atoms with Gasteiger partial charge in [-0.15, -0.1) is 0 Å². The highest BCUT2D eigenvalue weighted by atomic mass is 127. The summed E-state index contributed by atoms with van der Waals surface area (Å²) in [5.74, 6) is 0.880. The normalized spacial score (nSPS) is 10.0. The van der Waals surface area contributed by atoms with Crippen molar-refractivity contribution in [3.05, 3.63) is 26.8 Å². The van der Waals surface area contributed by atoms with Crippen LogP contribution >= 0.6 is 22.6 Å². The molecule has 0 fully saturated rings. The zero-order chi connectivity index (χ0) is 9.14. The van der Waals surface area contributed by atoms with Gasteiger partial charge in [0.15, 0.2) is 0 Å². The van der Waals surface area contributed by atoms with E-state index in [1.54, 1.807) is 7.11 Å². The second-order valence-electron chi connectivity index (χ2n) is 2.60. The summed E-state index contributed by atoms with van der Waals surface area (Å²) in [6.07, 6.45) is 0. The van der Waals surface area contributed by atoms with E-state index < -0.39 is 0 Å². The predicted octanol–water partition coefficient (Wildman–Crippen LogP) is 2.07. The zero-order valence-electron chi connectivity index (χ0n) is 7.23. The molecule has 0 aliphatic carbocycles. The van der Waals surface area contributed by atoms with Crippen molar-refractivity contribution in [3.8, 4) is 5.75 Å². The Morgan fingerprint density at radius 3 is 2.67 bits per heavy atom. The largest absolute Gasteiger partial charge is 0.497 e. The van der Waals surface area contributed by atoms with E-state index >= 15 is 0 Å². The molecule has 66 valence electrons. The second-order valence-corrected chi connectivity index (χ2v) is 3.76. The fourth-order valence-electron chi connectivity index (χ4n) is 1.04. The molecule has 0 amide bonds. The van der Waals surface area contributed by atoms with Gasteiger partial charge in [0.1, 0.15) is 5.75 Å². The molecule has 0 spiro atoms. The Morgan fingerprint density at radius 2 is 2.17 bits per heavy atom. The standard InChI is InChI=1S/C9H12INO/c1-6-7(5-11)3-8(12-2)4-9(6)10/h3-4H,5,11H2,1-2H3. The van der Waals surface area contributed by atoms with Crippen molar-refractivity contribution < 1.29 is 4.74 Å². The summed E-state index contributed by atoms with van der Waals surface area (Å²) in [7, 11) is 1.67. The first kappa shape index (κ1) is 9.80. The van der Waals surface area contributed by atoms with E-state index in [0.717, 1.165) is 11.3 Å². The molecule has 0 aliphatic heterocycles. The fourth-order valence-corrected chi connectivity index (χ4v) is 1.69. The maximum atomic E-state index is 5.58. The molecule has 0 atom stereocenters. The number of hydrogen-bond acceptors (Lipinski definition) is 2. The van der Waals surface area contributed by atoms with Gasteiger partial charge in [0.05, 0.1) is 7.11 Å². The topological polar surface area (TPSA) is 35.2 Å². The minimum atomic E-state index is 0.568. The van der Waals surface area contributed by atoms with Crippen LogP contribution in [0, 0.1) is 10.5 Å². The lowest BCUT2D eigenvalue weighted by Gasteiger charge is -2.08. The van der Waals surface area contributed by atoms with E-state index in [1.165, 1.54) is 9.13 Å². The predicted molar refractivity (Wildman–Crippen MR) is 58.3 cm³/mol. The van der Waals surface area contributed by atoms with Crippen LogP contribution in [0.3, 0.4) is 0 Å². The molecule has 0 aromatic heterocycles. The van der Waals surface area contributed by atoms with Crippen LogP contribution in [-0.2, 0) is 6.54 Å². The molecule has 2 nitrogen and oxygen atoms in total. The van der Waals surface area contributed by atoms with Gasteiger partial charge in [0.25, 0.3) is 0 Å². The van der Waals surface area contributed by atoms with Crippen molar-refractivity contribution in [3.63, 3.8) is 0 Å². The van der Waals surface area contributed by atoms with Gasteiger partial charge in [-0.05, 0) is 52.8 Å². The number of methoxy groups -OCH3 is 1. The molecule has 0 saturated carbocycles. The van der Waals surface area contributed by atoms with Crippen molar-refractivity contribution in [1.82, 2.24) is 0 Å². The highest BCUT2D eigenvalue weighted by Gasteiger charge is 2.03. The number of benzene rings is 1. The molecule has 1 aromatic carbocycles. The van der Waals surface area contributed by atoms with Crippen molar-refractivity contribution in [2.24, 2.45) is 5.73 Å². The average molecular weight is 277 g/mol. The molecule has 0 unspecified atom stereocenters. The van der Waals surface area contributed by atoms with E-state index in [0.29, 0.717) is 6.54 Å². The molecule has 12 heavy (non-hydrogen) atoms. The van der Waals surface area contributed by atoms with Gasteiger partial charge in [-0.1, -0.05) is 0 Å². The molecule has 0 bridgehead atoms. The van der Waals surface area contributed by atoms with E-state index in [4.69, 9.17) is 10.5 Å². The molecule has 1 aromatic rings. The molecule has 0 saturated heterocycles. The van der Waals surface area contributed by atoms with Crippen LogP contribution < -0.4 is 10.5 Å². The Kier molecular flexibility index (Phi) is 3.34. The molecule has 0 aliphatic rings. The van der Waals surface area contributed by atoms with Gasteiger partial charge in [-0.2, -0.15) is 0 Å². The minimum Gasteiger partial charge on any atom is -0.497 e. The van der Waals surface area contributed by atoms with Crippen LogP contribution in [-0.4, -0.2) is 7.11 Å². The summed E-state index contributed by atoms with van der Waals surface area (Å²) in [4.78, 5) is 0. The summed E-state index contributed by atoms with van der Waals surface area (Å²) in [6.45, 7) is 2.64. The van der Waals surface area contributed by atoms with Gasteiger partial charge in [-0.25, -0.2) is 0 Å². The zero-order valence-corrected chi connectivity index (χ0v) is 9.38. The van der Waals surface area contributed by atoms with E-state index in [1.807, 2.05) is 12.1 Å². The SMILES string of the molecule is COc1cc(I)c(C)c(CN)c1. The molecular weight excluding hydrogens is 265 g/mol. The highest BCUT2D eigenvalue weighted by Crippen LogP contribution is 2.22. The molecule has 3 heteroatoms. The third-order valence-electron chi connectivity index (χ3n) is 1.88. The molecule has 1 rings (SSSR count).